The molecular formula is C13H11FS. The summed E-state index contributed by atoms with van der Waals surface area (Å²) in [6.07, 6.45) is 0.792. The minimum atomic E-state index is -0.196. The van der Waals surface area contributed by atoms with Gasteiger partial charge >= 0.3 is 0 Å². The Bertz CT molecular complexity index is 448. The van der Waals surface area contributed by atoms with E-state index in [4.69, 9.17) is 0 Å². The second-order valence-corrected chi connectivity index (χ2v) is 3.91. The van der Waals surface area contributed by atoms with E-state index >= 15 is 0 Å². The fourth-order valence-corrected chi connectivity index (χ4v) is 1.72. The van der Waals surface area contributed by atoms with Gasteiger partial charge in [-0.25, -0.2) is 4.39 Å². The highest BCUT2D eigenvalue weighted by atomic mass is 32.1. The van der Waals surface area contributed by atoms with Gasteiger partial charge in [0.15, 0.2) is 0 Å². The van der Waals surface area contributed by atoms with Crippen molar-refractivity contribution in [1.29, 1.82) is 0 Å². The molecule has 0 saturated carbocycles. The van der Waals surface area contributed by atoms with E-state index in [-0.39, 0.29) is 5.82 Å². The third kappa shape index (κ3) is 2.60. The van der Waals surface area contributed by atoms with Gasteiger partial charge in [0.05, 0.1) is 0 Å². The van der Waals surface area contributed by atoms with Gasteiger partial charge in [-0.3, -0.25) is 0 Å². The average Bonchev–Trinajstić information content (AvgIpc) is 2.25. The molecule has 0 saturated heterocycles. The lowest BCUT2D eigenvalue weighted by molar-refractivity contribution is 0.627. The molecule has 2 aromatic carbocycles. The number of halogens is 1. The first-order chi connectivity index (χ1) is 7.25. The van der Waals surface area contributed by atoms with E-state index < -0.39 is 0 Å². The number of rotatable bonds is 2. The van der Waals surface area contributed by atoms with Crippen molar-refractivity contribution in [3.63, 3.8) is 0 Å². The van der Waals surface area contributed by atoms with Gasteiger partial charge in [-0.2, -0.15) is 0 Å². The Morgan fingerprint density at radius 2 is 1.60 bits per heavy atom. The first kappa shape index (κ1) is 10.2. The van der Waals surface area contributed by atoms with Crippen LogP contribution in [0.4, 0.5) is 4.39 Å². The van der Waals surface area contributed by atoms with Crippen molar-refractivity contribution < 1.29 is 4.39 Å². The third-order valence-corrected chi connectivity index (χ3v) is 2.74. The molecule has 0 nitrogen and oxygen atoms in total. The molecule has 0 fully saturated rings. The van der Waals surface area contributed by atoms with Crippen molar-refractivity contribution in [3.8, 4) is 0 Å². The van der Waals surface area contributed by atoms with Gasteiger partial charge in [0.2, 0.25) is 0 Å². The quantitative estimate of drug-likeness (QED) is 0.730. The van der Waals surface area contributed by atoms with E-state index in [0.717, 1.165) is 22.4 Å². The summed E-state index contributed by atoms with van der Waals surface area (Å²) in [4.78, 5) is 0.974. The molecule has 0 aliphatic heterocycles. The zero-order valence-electron chi connectivity index (χ0n) is 8.15. The highest BCUT2D eigenvalue weighted by molar-refractivity contribution is 7.80. The summed E-state index contributed by atoms with van der Waals surface area (Å²) >= 11 is 4.37. The standard InChI is InChI=1S/C13H11FS/c14-12-7-5-10(6-8-12)9-11-3-1-2-4-13(11)15/h1-8,15H,9H2. The molecule has 0 amide bonds. The van der Waals surface area contributed by atoms with E-state index in [0.29, 0.717) is 0 Å². The van der Waals surface area contributed by atoms with Crippen LogP contribution in [0.2, 0.25) is 0 Å². The van der Waals surface area contributed by atoms with Crippen LogP contribution in [0, 0.1) is 5.82 Å². The molecule has 2 aromatic rings. The first-order valence-electron chi connectivity index (χ1n) is 4.77. The number of hydrogen-bond donors (Lipinski definition) is 1. The van der Waals surface area contributed by atoms with Crippen LogP contribution >= 0.6 is 12.6 Å². The summed E-state index contributed by atoms with van der Waals surface area (Å²) in [5, 5.41) is 0. The van der Waals surface area contributed by atoms with E-state index in [1.165, 1.54) is 12.1 Å². The van der Waals surface area contributed by atoms with Crippen LogP contribution in [0.5, 0.6) is 0 Å². The Morgan fingerprint density at radius 3 is 2.27 bits per heavy atom. The highest BCUT2D eigenvalue weighted by Gasteiger charge is 1.99. The summed E-state index contributed by atoms with van der Waals surface area (Å²) in [5.74, 6) is -0.196. The predicted octanol–water partition coefficient (Wildman–Crippen LogP) is 3.71. The molecule has 0 spiro atoms. The Kier molecular flexibility index (Phi) is 3.07. The van der Waals surface area contributed by atoms with E-state index in [1.54, 1.807) is 12.1 Å². The van der Waals surface area contributed by atoms with Crippen LogP contribution in [0.3, 0.4) is 0 Å². The molecule has 0 aromatic heterocycles. The van der Waals surface area contributed by atoms with Crippen LogP contribution in [-0.4, -0.2) is 0 Å². The summed E-state index contributed by atoms with van der Waals surface area (Å²) < 4.78 is 12.7. The van der Waals surface area contributed by atoms with Crippen molar-refractivity contribution in [3.05, 3.63) is 65.5 Å². The van der Waals surface area contributed by atoms with Crippen molar-refractivity contribution in [2.45, 2.75) is 11.3 Å². The lowest BCUT2D eigenvalue weighted by atomic mass is 10.1. The lowest BCUT2D eigenvalue weighted by Gasteiger charge is -2.04. The zero-order valence-corrected chi connectivity index (χ0v) is 9.05. The molecule has 2 heteroatoms. The summed E-state index contributed by atoms with van der Waals surface area (Å²) in [6.45, 7) is 0. The number of benzene rings is 2. The average molecular weight is 218 g/mol. The molecule has 0 N–H and O–H groups in total. The summed E-state index contributed by atoms with van der Waals surface area (Å²) in [6, 6.07) is 14.5. The first-order valence-corrected chi connectivity index (χ1v) is 5.22. The van der Waals surface area contributed by atoms with E-state index in [2.05, 4.69) is 12.6 Å². The Labute approximate surface area is 94.2 Å². The summed E-state index contributed by atoms with van der Waals surface area (Å²) in [5.41, 5.74) is 2.25. The van der Waals surface area contributed by atoms with Gasteiger partial charge in [-0.1, -0.05) is 30.3 Å². The maximum Gasteiger partial charge on any atom is 0.123 e. The molecule has 0 aliphatic carbocycles. The third-order valence-electron chi connectivity index (χ3n) is 2.30. The second kappa shape index (κ2) is 4.49. The maximum absolute atomic E-state index is 12.7. The van der Waals surface area contributed by atoms with Gasteiger partial charge in [0.25, 0.3) is 0 Å². The molecule has 76 valence electrons. The molecule has 2 rings (SSSR count). The van der Waals surface area contributed by atoms with Gasteiger partial charge < -0.3 is 0 Å². The fourth-order valence-electron chi connectivity index (χ4n) is 1.48. The van der Waals surface area contributed by atoms with Gasteiger partial charge in [-0.05, 0) is 35.7 Å². The van der Waals surface area contributed by atoms with Crippen LogP contribution in [0.1, 0.15) is 11.1 Å². The zero-order chi connectivity index (χ0) is 10.7. The highest BCUT2D eigenvalue weighted by Crippen LogP contribution is 2.17. The van der Waals surface area contributed by atoms with E-state index in [9.17, 15) is 4.39 Å². The Morgan fingerprint density at radius 1 is 0.933 bits per heavy atom. The van der Waals surface area contributed by atoms with Crippen LogP contribution in [0.15, 0.2) is 53.4 Å². The SMILES string of the molecule is Fc1ccc(Cc2ccccc2S)cc1. The molecule has 0 bridgehead atoms. The van der Waals surface area contributed by atoms with Crippen molar-refractivity contribution in [2.75, 3.05) is 0 Å². The van der Waals surface area contributed by atoms with Crippen molar-refractivity contribution in [2.24, 2.45) is 0 Å². The molecule has 0 aliphatic rings. The Hall–Kier alpha value is -1.28. The molecule has 15 heavy (non-hydrogen) atoms. The van der Waals surface area contributed by atoms with Crippen molar-refractivity contribution in [1.82, 2.24) is 0 Å². The van der Waals surface area contributed by atoms with E-state index in [1.807, 2.05) is 24.3 Å². The minimum absolute atomic E-state index is 0.196. The topological polar surface area (TPSA) is 0 Å². The predicted molar refractivity (Wildman–Crippen MR) is 62.9 cm³/mol. The lowest BCUT2D eigenvalue weighted by Crippen LogP contribution is -1.89. The fraction of sp³-hybridized carbons (Fsp3) is 0.0769. The Balaban J connectivity index is 2.22. The number of thiol groups is 1. The minimum Gasteiger partial charge on any atom is -0.207 e. The smallest absolute Gasteiger partial charge is 0.123 e. The van der Waals surface area contributed by atoms with Gasteiger partial charge in [0, 0.05) is 4.90 Å². The normalized spacial score (nSPS) is 10.3. The second-order valence-electron chi connectivity index (χ2n) is 3.43. The van der Waals surface area contributed by atoms with Crippen LogP contribution in [0.25, 0.3) is 0 Å². The molecule has 0 radical (unpaired) electrons. The van der Waals surface area contributed by atoms with Crippen molar-refractivity contribution >= 4 is 12.6 Å². The molecule has 0 unspecified atom stereocenters. The van der Waals surface area contributed by atoms with Gasteiger partial charge in [0.1, 0.15) is 5.82 Å². The largest absolute Gasteiger partial charge is 0.207 e. The maximum atomic E-state index is 12.7. The summed E-state index contributed by atoms with van der Waals surface area (Å²) in [7, 11) is 0. The number of hydrogen-bond acceptors (Lipinski definition) is 1. The monoisotopic (exact) mass is 218 g/mol. The molecule has 0 heterocycles. The molecular weight excluding hydrogens is 207 g/mol. The molecule has 0 atom stereocenters. The van der Waals surface area contributed by atoms with Crippen LogP contribution < -0.4 is 0 Å². The van der Waals surface area contributed by atoms with Gasteiger partial charge in [-0.15, -0.1) is 12.6 Å². The van der Waals surface area contributed by atoms with Crippen LogP contribution in [-0.2, 0) is 6.42 Å².